The summed E-state index contributed by atoms with van der Waals surface area (Å²) in [6.07, 6.45) is 3.56. The summed E-state index contributed by atoms with van der Waals surface area (Å²) in [5.74, 6) is -0.561. The molecule has 0 amide bonds. The Labute approximate surface area is 193 Å². The van der Waals surface area contributed by atoms with E-state index in [0.29, 0.717) is 12.3 Å². The van der Waals surface area contributed by atoms with Crippen LogP contribution in [0.25, 0.3) is 0 Å². The quantitative estimate of drug-likeness (QED) is 0.474. The maximum atomic E-state index is 10.4. The van der Waals surface area contributed by atoms with Crippen LogP contribution in [0, 0.1) is 17.4 Å². The van der Waals surface area contributed by atoms with Crippen molar-refractivity contribution in [2.45, 2.75) is 44.1 Å². The van der Waals surface area contributed by atoms with Crippen molar-refractivity contribution >= 4 is 17.3 Å². The molecule has 1 saturated heterocycles. The zero-order chi connectivity index (χ0) is 22.9. The third kappa shape index (κ3) is 4.32. The summed E-state index contributed by atoms with van der Waals surface area (Å²) in [4.78, 5) is 1.73. The normalized spacial score (nSPS) is 26.6. The van der Waals surface area contributed by atoms with Gasteiger partial charge in [0.05, 0.1) is 24.2 Å². The summed E-state index contributed by atoms with van der Waals surface area (Å²) in [5.41, 5.74) is 15.5. The molecule has 8 heteroatoms. The van der Waals surface area contributed by atoms with Crippen molar-refractivity contribution in [1.82, 2.24) is 9.91 Å². The molecule has 2 aliphatic heterocycles. The van der Waals surface area contributed by atoms with Gasteiger partial charge in [-0.05, 0) is 48.9 Å². The summed E-state index contributed by atoms with van der Waals surface area (Å²) in [5, 5.41) is 27.2. The Balaban J connectivity index is 1.61. The predicted octanol–water partition coefficient (Wildman–Crippen LogP) is 2.46. The first-order chi connectivity index (χ1) is 15.3. The van der Waals surface area contributed by atoms with Gasteiger partial charge in [0.2, 0.25) is 0 Å². The Morgan fingerprint density at radius 1 is 1.28 bits per heavy atom. The zero-order valence-electron chi connectivity index (χ0n) is 18.2. The summed E-state index contributed by atoms with van der Waals surface area (Å²) in [7, 11) is 0. The monoisotopic (exact) mass is 452 g/mol. The molecule has 0 aromatic heterocycles. The van der Waals surface area contributed by atoms with E-state index < -0.39 is 17.8 Å². The SMILES string of the molecule is CC1(N)C(C(N)O)C(c2ccc(Cc3ccccc3Cl)cc2)=NN1C1CCCN(C#N)C1. The molecule has 0 saturated carbocycles. The number of piperidine rings is 1. The Hall–Kier alpha value is -2.63. The van der Waals surface area contributed by atoms with E-state index in [1.54, 1.807) is 4.90 Å². The van der Waals surface area contributed by atoms with Gasteiger partial charge in [-0.2, -0.15) is 10.4 Å². The van der Waals surface area contributed by atoms with Crippen LogP contribution in [0.15, 0.2) is 53.6 Å². The minimum atomic E-state index is -1.16. The van der Waals surface area contributed by atoms with Gasteiger partial charge in [-0.15, -0.1) is 0 Å². The van der Waals surface area contributed by atoms with Crippen LogP contribution in [0.4, 0.5) is 0 Å². The second kappa shape index (κ2) is 9.08. The zero-order valence-corrected chi connectivity index (χ0v) is 18.9. The summed E-state index contributed by atoms with van der Waals surface area (Å²) in [6.45, 7) is 3.15. The number of nitriles is 1. The topological polar surface area (TPSA) is 115 Å². The van der Waals surface area contributed by atoms with E-state index in [0.717, 1.165) is 47.5 Å². The van der Waals surface area contributed by atoms with Gasteiger partial charge in [-0.25, -0.2) is 0 Å². The van der Waals surface area contributed by atoms with E-state index >= 15 is 0 Å². The van der Waals surface area contributed by atoms with Crippen LogP contribution < -0.4 is 11.5 Å². The minimum absolute atomic E-state index is 0.0170. The molecule has 4 atom stereocenters. The molecule has 0 spiro atoms. The lowest BCUT2D eigenvalue weighted by Crippen LogP contribution is -2.63. The van der Waals surface area contributed by atoms with Crippen molar-refractivity contribution < 1.29 is 5.11 Å². The first-order valence-electron chi connectivity index (χ1n) is 10.9. The molecule has 2 heterocycles. The van der Waals surface area contributed by atoms with Gasteiger partial charge in [0.1, 0.15) is 11.9 Å². The maximum absolute atomic E-state index is 10.4. The van der Waals surface area contributed by atoms with E-state index in [4.69, 9.17) is 28.2 Å². The van der Waals surface area contributed by atoms with Crippen LogP contribution in [0.2, 0.25) is 5.02 Å². The molecule has 168 valence electrons. The predicted molar refractivity (Wildman–Crippen MR) is 126 cm³/mol. The lowest BCUT2D eigenvalue weighted by Gasteiger charge is -2.43. The standard InChI is InChI=1S/C24H29ClN6O/c1-24(28)21(23(27)32)22(29-31(24)19-6-4-12-30(14-19)15-26)17-10-8-16(9-11-17)13-18-5-2-3-7-20(18)25/h2-3,5,7-11,19,21,23,32H,4,6,12-14,27-28H2,1H3. The molecule has 4 rings (SSSR count). The van der Waals surface area contributed by atoms with Crippen molar-refractivity contribution in [1.29, 1.82) is 5.26 Å². The van der Waals surface area contributed by atoms with E-state index in [2.05, 4.69) is 6.19 Å². The third-order valence-electron chi connectivity index (χ3n) is 6.46. The maximum Gasteiger partial charge on any atom is 0.179 e. The first kappa shape index (κ1) is 22.6. The van der Waals surface area contributed by atoms with E-state index in [1.165, 1.54) is 0 Å². The number of halogens is 1. The van der Waals surface area contributed by atoms with E-state index in [-0.39, 0.29) is 6.04 Å². The number of aliphatic hydroxyl groups excluding tert-OH is 1. The molecule has 0 bridgehead atoms. The fraction of sp³-hybridized carbons (Fsp3) is 0.417. The van der Waals surface area contributed by atoms with Crippen LogP contribution in [-0.4, -0.2) is 51.7 Å². The van der Waals surface area contributed by atoms with Gasteiger partial charge < -0.3 is 21.5 Å². The smallest absolute Gasteiger partial charge is 0.179 e. The Morgan fingerprint density at radius 2 is 2.00 bits per heavy atom. The number of nitrogens with zero attached hydrogens (tertiary/aromatic N) is 4. The number of hydrogen-bond donors (Lipinski definition) is 3. The molecule has 32 heavy (non-hydrogen) atoms. The molecule has 4 unspecified atom stereocenters. The average Bonchev–Trinajstić information content (AvgIpc) is 3.07. The summed E-state index contributed by atoms with van der Waals surface area (Å²) in [6, 6.07) is 15.8. The lowest BCUT2D eigenvalue weighted by atomic mass is 9.85. The van der Waals surface area contributed by atoms with Crippen LogP contribution in [-0.2, 0) is 6.42 Å². The molecule has 2 aromatic carbocycles. The highest BCUT2D eigenvalue weighted by Crippen LogP contribution is 2.36. The molecule has 5 N–H and O–H groups in total. The van der Waals surface area contributed by atoms with E-state index in [1.807, 2.05) is 60.5 Å². The average molecular weight is 453 g/mol. The van der Waals surface area contributed by atoms with Gasteiger partial charge in [-0.1, -0.05) is 54.1 Å². The van der Waals surface area contributed by atoms with Crippen LogP contribution in [0.1, 0.15) is 36.5 Å². The Kier molecular flexibility index (Phi) is 6.40. The van der Waals surface area contributed by atoms with Crippen LogP contribution in [0.3, 0.4) is 0 Å². The van der Waals surface area contributed by atoms with Gasteiger partial charge in [-0.3, -0.25) is 5.01 Å². The second-order valence-corrected chi connectivity index (χ2v) is 9.24. The van der Waals surface area contributed by atoms with Crippen LogP contribution >= 0.6 is 11.6 Å². The number of aliphatic hydroxyl groups is 1. The molecule has 2 aromatic rings. The van der Waals surface area contributed by atoms with Gasteiger partial charge in [0.25, 0.3) is 0 Å². The molecular formula is C24H29ClN6O. The summed E-state index contributed by atoms with van der Waals surface area (Å²) < 4.78 is 0. The highest BCUT2D eigenvalue weighted by molar-refractivity contribution is 6.31. The first-order valence-corrected chi connectivity index (χ1v) is 11.3. The Morgan fingerprint density at radius 3 is 2.66 bits per heavy atom. The number of nitrogens with two attached hydrogens (primary N) is 2. The van der Waals surface area contributed by atoms with Gasteiger partial charge in [0, 0.05) is 11.6 Å². The molecule has 7 nitrogen and oxygen atoms in total. The highest BCUT2D eigenvalue weighted by atomic mass is 35.5. The van der Waals surface area contributed by atoms with Crippen molar-refractivity contribution in [3.05, 3.63) is 70.2 Å². The molecule has 2 aliphatic rings. The number of benzene rings is 2. The van der Waals surface area contributed by atoms with Crippen LogP contribution in [0.5, 0.6) is 0 Å². The minimum Gasteiger partial charge on any atom is -0.378 e. The third-order valence-corrected chi connectivity index (χ3v) is 6.83. The number of hydrogen-bond acceptors (Lipinski definition) is 7. The van der Waals surface area contributed by atoms with Crippen molar-refractivity contribution in [2.24, 2.45) is 22.5 Å². The van der Waals surface area contributed by atoms with Crippen molar-refractivity contribution in [2.75, 3.05) is 13.1 Å². The largest absolute Gasteiger partial charge is 0.378 e. The number of rotatable bonds is 5. The number of hydrazone groups is 1. The second-order valence-electron chi connectivity index (χ2n) is 8.83. The fourth-order valence-electron chi connectivity index (χ4n) is 4.83. The van der Waals surface area contributed by atoms with Gasteiger partial charge >= 0.3 is 0 Å². The lowest BCUT2D eigenvalue weighted by molar-refractivity contribution is -0.00496. The Bertz CT molecular complexity index is 1030. The molecule has 0 radical (unpaired) electrons. The molecule has 1 fully saturated rings. The molecule has 0 aliphatic carbocycles. The fourth-order valence-corrected chi connectivity index (χ4v) is 5.03. The summed E-state index contributed by atoms with van der Waals surface area (Å²) >= 11 is 6.30. The molecular weight excluding hydrogens is 424 g/mol. The van der Waals surface area contributed by atoms with Crippen molar-refractivity contribution in [3.8, 4) is 6.19 Å². The number of likely N-dealkylation sites (tertiary alicyclic amines) is 1. The van der Waals surface area contributed by atoms with Gasteiger partial charge in [0.15, 0.2) is 6.19 Å². The highest BCUT2D eigenvalue weighted by Gasteiger charge is 2.50. The van der Waals surface area contributed by atoms with Crippen molar-refractivity contribution in [3.63, 3.8) is 0 Å². The van der Waals surface area contributed by atoms with E-state index in [9.17, 15) is 10.4 Å².